The molecule has 7 heteroatoms. The van der Waals surface area contributed by atoms with Crippen molar-refractivity contribution in [2.45, 2.75) is 19.5 Å². The fraction of sp³-hybridized carbons (Fsp3) is 0.412. The molecule has 0 aliphatic heterocycles. The van der Waals surface area contributed by atoms with Gasteiger partial charge >= 0.3 is 12.6 Å². The molecule has 24 heavy (non-hydrogen) atoms. The molecule has 128 valence electrons. The molecule has 5 nitrogen and oxygen atoms in total. The number of hydrogen-bond acceptors (Lipinski definition) is 3. The Labute approximate surface area is 137 Å². The van der Waals surface area contributed by atoms with Crippen molar-refractivity contribution in [3.8, 4) is 5.75 Å². The number of amides is 1. The normalized spacial score (nSPS) is 28.0. The van der Waals surface area contributed by atoms with E-state index in [1.54, 1.807) is 0 Å². The molecule has 1 amide bonds. The summed E-state index contributed by atoms with van der Waals surface area (Å²) in [5.74, 6) is -2.88. The Morgan fingerprint density at radius 2 is 1.67 bits per heavy atom. The molecule has 2 N–H and O–H groups in total. The van der Waals surface area contributed by atoms with Gasteiger partial charge in [0.05, 0.1) is 11.8 Å². The smallest absolute Gasteiger partial charge is 0.387 e. The van der Waals surface area contributed by atoms with E-state index in [0.717, 1.165) is 12.8 Å². The van der Waals surface area contributed by atoms with E-state index in [0.29, 0.717) is 5.69 Å². The molecule has 0 saturated heterocycles. The molecule has 0 unspecified atom stereocenters. The summed E-state index contributed by atoms with van der Waals surface area (Å²) in [4.78, 5) is 24.1. The Bertz CT molecular complexity index is 659. The number of benzene rings is 1. The number of hydrogen-bond donors (Lipinski definition) is 2. The average Bonchev–Trinajstić information content (AvgIpc) is 2.56. The number of carboxylic acid groups (broad SMARTS) is 1. The third-order valence-corrected chi connectivity index (χ3v) is 4.68. The van der Waals surface area contributed by atoms with E-state index in [9.17, 15) is 23.5 Å². The van der Waals surface area contributed by atoms with Gasteiger partial charge in [0.2, 0.25) is 5.91 Å². The van der Waals surface area contributed by atoms with Crippen LogP contribution in [-0.4, -0.2) is 23.6 Å². The second kappa shape index (κ2) is 6.59. The van der Waals surface area contributed by atoms with Crippen molar-refractivity contribution in [2.24, 2.45) is 23.7 Å². The molecule has 0 heterocycles. The van der Waals surface area contributed by atoms with Gasteiger partial charge in [0.1, 0.15) is 5.75 Å². The number of halogens is 2. The highest BCUT2D eigenvalue weighted by molar-refractivity contribution is 5.96. The molecule has 3 aliphatic rings. The van der Waals surface area contributed by atoms with Crippen LogP contribution in [0, 0.1) is 23.7 Å². The Morgan fingerprint density at radius 3 is 2.17 bits per heavy atom. The molecule has 4 rings (SSSR count). The maximum absolute atomic E-state index is 12.6. The van der Waals surface area contributed by atoms with Gasteiger partial charge in [0.15, 0.2) is 0 Å². The van der Waals surface area contributed by atoms with E-state index in [1.807, 2.05) is 12.2 Å². The summed E-state index contributed by atoms with van der Waals surface area (Å²) in [7, 11) is 0. The van der Waals surface area contributed by atoms with E-state index in [1.165, 1.54) is 24.3 Å². The van der Waals surface area contributed by atoms with E-state index in [-0.39, 0.29) is 23.5 Å². The first-order chi connectivity index (χ1) is 11.5. The predicted molar refractivity (Wildman–Crippen MR) is 81.7 cm³/mol. The zero-order valence-corrected chi connectivity index (χ0v) is 12.7. The van der Waals surface area contributed by atoms with Crippen LogP contribution in [-0.2, 0) is 9.59 Å². The van der Waals surface area contributed by atoms with Crippen molar-refractivity contribution in [2.75, 3.05) is 5.32 Å². The van der Waals surface area contributed by atoms with Crippen molar-refractivity contribution >= 4 is 17.6 Å². The molecule has 1 aromatic rings. The number of ether oxygens (including phenoxy) is 1. The largest absolute Gasteiger partial charge is 0.481 e. The molecule has 0 radical (unpaired) electrons. The van der Waals surface area contributed by atoms with Crippen LogP contribution in [0.5, 0.6) is 5.75 Å². The standard InChI is InChI=1S/C17H17F2NO4/c18-17(19)24-12-7-5-11(6-8-12)20-15(21)13-9-1-3-10(4-2-9)14(13)16(22)23/h1,3,5-10,13-14,17H,2,4H2,(H,20,21)(H,22,23)/t9-,10-,13-,14+/m0/s1. The SMILES string of the molecule is O=C(Nc1ccc(OC(F)F)cc1)[C@@H]1[C@H](C(=O)O)[C@H]2C=C[C@H]1CC2. The quantitative estimate of drug-likeness (QED) is 0.810. The van der Waals surface area contributed by atoms with Crippen LogP contribution < -0.4 is 10.1 Å². The van der Waals surface area contributed by atoms with Crippen LogP contribution in [0.2, 0.25) is 0 Å². The van der Waals surface area contributed by atoms with Crippen LogP contribution in [0.1, 0.15) is 12.8 Å². The van der Waals surface area contributed by atoms with Gasteiger partial charge in [-0.25, -0.2) is 0 Å². The summed E-state index contributed by atoms with van der Waals surface area (Å²) < 4.78 is 28.5. The number of alkyl halides is 2. The minimum Gasteiger partial charge on any atom is -0.481 e. The lowest BCUT2D eigenvalue weighted by molar-refractivity contribution is -0.151. The van der Waals surface area contributed by atoms with Crippen molar-refractivity contribution < 1.29 is 28.2 Å². The second-order valence-electron chi connectivity index (χ2n) is 6.07. The zero-order chi connectivity index (χ0) is 17.3. The molecule has 2 bridgehead atoms. The zero-order valence-electron chi connectivity index (χ0n) is 12.7. The summed E-state index contributed by atoms with van der Waals surface area (Å²) in [6, 6.07) is 5.54. The van der Waals surface area contributed by atoms with Crippen LogP contribution in [0.3, 0.4) is 0 Å². The van der Waals surface area contributed by atoms with Crippen molar-refractivity contribution in [3.63, 3.8) is 0 Å². The maximum Gasteiger partial charge on any atom is 0.387 e. The number of nitrogens with one attached hydrogen (secondary N) is 1. The van der Waals surface area contributed by atoms with Gasteiger partial charge in [0, 0.05) is 5.69 Å². The summed E-state index contributed by atoms with van der Waals surface area (Å²) in [5, 5.41) is 12.1. The first-order valence-corrected chi connectivity index (χ1v) is 7.72. The molecule has 1 fully saturated rings. The van der Waals surface area contributed by atoms with E-state index in [4.69, 9.17) is 0 Å². The first-order valence-electron chi connectivity index (χ1n) is 7.72. The Balaban J connectivity index is 1.72. The molecule has 0 aromatic heterocycles. The summed E-state index contributed by atoms with van der Waals surface area (Å²) in [5.41, 5.74) is 0.413. The molecule has 0 spiro atoms. The number of carbonyl (C=O) groups is 2. The summed E-state index contributed by atoms with van der Waals surface area (Å²) >= 11 is 0. The highest BCUT2D eigenvalue weighted by Gasteiger charge is 2.48. The van der Waals surface area contributed by atoms with Crippen LogP contribution >= 0.6 is 0 Å². The molecular formula is C17H17F2NO4. The fourth-order valence-electron chi connectivity index (χ4n) is 3.63. The highest BCUT2D eigenvalue weighted by atomic mass is 19.3. The second-order valence-corrected chi connectivity index (χ2v) is 6.07. The predicted octanol–water partition coefficient (Wildman–Crippen LogP) is 3.14. The Kier molecular flexibility index (Phi) is 4.51. The molecule has 4 atom stereocenters. The van der Waals surface area contributed by atoms with Crippen LogP contribution in [0.4, 0.5) is 14.5 Å². The average molecular weight is 337 g/mol. The van der Waals surface area contributed by atoms with Crippen molar-refractivity contribution in [1.29, 1.82) is 0 Å². The number of fused-ring (bicyclic) bond motifs is 2. The van der Waals surface area contributed by atoms with E-state index in [2.05, 4.69) is 10.1 Å². The summed E-state index contributed by atoms with van der Waals surface area (Å²) in [6.45, 7) is -2.91. The number of anilines is 1. The fourth-order valence-corrected chi connectivity index (χ4v) is 3.63. The number of allylic oxidation sites excluding steroid dienone is 2. The number of aliphatic carboxylic acids is 1. The van der Waals surface area contributed by atoms with Gasteiger partial charge in [-0.1, -0.05) is 12.2 Å². The Hall–Kier alpha value is -2.44. The topological polar surface area (TPSA) is 75.6 Å². The first kappa shape index (κ1) is 16.4. The lowest BCUT2D eigenvalue weighted by Crippen LogP contribution is -2.47. The number of carbonyl (C=O) groups excluding carboxylic acids is 1. The van der Waals surface area contributed by atoms with Gasteiger partial charge < -0.3 is 15.2 Å². The third kappa shape index (κ3) is 3.25. The number of carboxylic acids is 1. The Morgan fingerprint density at radius 1 is 1.08 bits per heavy atom. The van der Waals surface area contributed by atoms with Crippen LogP contribution in [0.25, 0.3) is 0 Å². The van der Waals surface area contributed by atoms with Gasteiger partial charge in [-0.15, -0.1) is 0 Å². The van der Waals surface area contributed by atoms with Gasteiger partial charge in [-0.05, 0) is 48.9 Å². The van der Waals surface area contributed by atoms with E-state index < -0.39 is 24.4 Å². The van der Waals surface area contributed by atoms with Gasteiger partial charge in [0.25, 0.3) is 0 Å². The van der Waals surface area contributed by atoms with Gasteiger partial charge in [-0.3, -0.25) is 9.59 Å². The highest BCUT2D eigenvalue weighted by Crippen LogP contribution is 2.45. The minimum atomic E-state index is -2.91. The lowest BCUT2D eigenvalue weighted by atomic mass is 9.62. The molecule has 1 saturated carbocycles. The van der Waals surface area contributed by atoms with Gasteiger partial charge in [-0.2, -0.15) is 8.78 Å². The van der Waals surface area contributed by atoms with E-state index >= 15 is 0 Å². The molecular weight excluding hydrogens is 320 g/mol. The minimum absolute atomic E-state index is 0.00827. The van der Waals surface area contributed by atoms with Crippen LogP contribution in [0.15, 0.2) is 36.4 Å². The maximum atomic E-state index is 12.6. The van der Waals surface area contributed by atoms with Crippen molar-refractivity contribution in [1.82, 2.24) is 0 Å². The summed E-state index contributed by atoms with van der Waals surface area (Å²) in [6.07, 6.45) is 5.40. The molecule has 3 aliphatic carbocycles. The lowest BCUT2D eigenvalue weighted by Gasteiger charge is -2.41. The third-order valence-electron chi connectivity index (χ3n) is 4.68. The molecule has 1 aromatic carbocycles. The monoisotopic (exact) mass is 337 g/mol. The van der Waals surface area contributed by atoms with Crippen molar-refractivity contribution in [3.05, 3.63) is 36.4 Å². The number of rotatable bonds is 5.